The molecule has 0 saturated carbocycles. The highest BCUT2D eigenvalue weighted by molar-refractivity contribution is 6.31. The van der Waals surface area contributed by atoms with E-state index in [0.717, 1.165) is 6.42 Å². The molecule has 0 radical (unpaired) electrons. The minimum atomic E-state index is -0.662. The molecule has 4 N–H and O–H groups in total. The van der Waals surface area contributed by atoms with E-state index in [-0.39, 0.29) is 24.2 Å². The lowest BCUT2D eigenvalue weighted by molar-refractivity contribution is -0.117. The van der Waals surface area contributed by atoms with Crippen molar-refractivity contribution in [2.45, 2.75) is 26.3 Å². The average Bonchev–Trinajstić information content (AvgIpc) is 2.36. The molecule has 0 heterocycles. The Kier molecular flexibility index (Phi) is 8.22. The van der Waals surface area contributed by atoms with Gasteiger partial charge in [0.15, 0.2) is 0 Å². The van der Waals surface area contributed by atoms with Crippen LogP contribution in [0.5, 0.6) is 0 Å². The molecule has 0 aliphatic rings. The van der Waals surface area contributed by atoms with Gasteiger partial charge in [-0.15, -0.1) is 12.4 Å². The van der Waals surface area contributed by atoms with E-state index in [4.69, 9.17) is 17.3 Å². The molecule has 5 nitrogen and oxygen atoms in total. The van der Waals surface area contributed by atoms with E-state index >= 15 is 0 Å². The molecule has 2 amide bonds. The number of benzene rings is 1. The maximum Gasteiger partial charge on any atom is 0.253 e. The van der Waals surface area contributed by atoms with Crippen molar-refractivity contribution >= 4 is 41.5 Å². The summed E-state index contributed by atoms with van der Waals surface area (Å²) in [4.78, 5) is 23.6. The van der Waals surface area contributed by atoms with Crippen LogP contribution < -0.4 is 16.4 Å². The number of amides is 2. The number of hydrogen-bond donors (Lipinski definition) is 3. The molecule has 0 bridgehead atoms. The molecule has 0 unspecified atom stereocenters. The predicted octanol–water partition coefficient (Wildman–Crippen LogP) is 2.19. The summed E-state index contributed by atoms with van der Waals surface area (Å²) in [6.07, 6.45) is 0.834. The van der Waals surface area contributed by atoms with E-state index in [1.54, 1.807) is 19.1 Å². The Balaban J connectivity index is 0.00000361. The van der Waals surface area contributed by atoms with Gasteiger partial charge in [0.05, 0.1) is 17.3 Å². The zero-order chi connectivity index (χ0) is 14.4. The first kappa shape index (κ1) is 18.7. The van der Waals surface area contributed by atoms with Gasteiger partial charge in [-0.05, 0) is 31.5 Å². The first-order valence-electron chi connectivity index (χ1n) is 6.10. The molecule has 0 spiro atoms. The molecule has 112 valence electrons. The van der Waals surface area contributed by atoms with Crippen molar-refractivity contribution in [3.63, 3.8) is 0 Å². The highest BCUT2D eigenvalue weighted by Crippen LogP contribution is 2.21. The molecule has 1 aromatic rings. The molecule has 0 aliphatic heterocycles. The minimum Gasteiger partial charge on any atom is -0.352 e. The van der Waals surface area contributed by atoms with Crippen LogP contribution in [0.4, 0.5) is 5.69 Å². The summed E-state index contributed by atoms with van der Waals surface area (Å²) < 4.78 is 0. The van der Waals surface area contributed by atoms with Crippen molar-refractivity contribution in [1.29, 1.82) is 0 Å². The largest absolute Gasteiger partial charge is 0.352 e. The number of nitrogens with one attached hydrogen (secondary N) is 2. The molecule has 0 aliphatic carbocycles. The molecule has 0 fully saturated rings. The second kappa shape index (κ2) is 8.79. The summed E-state index contributed by atoms with van der Waals surface area (Å²) in [5.74, 6) is -0.620. The number of hydrogen-bond acceptors (Lipinski definition) is 3. The summed E-state index contributed by atoms with van der Waals surface area (Å²) >= 11 is 5.87. The third-order valence-corrected chi connectivity index (χ3v) is 2.67. The van der Waals surface area contributed by atoms with Gasteiger partial charge < -0.3 is 16.4 Å². The lowest BCUT2D eigenvalue weighted by Crippen LogP contribution is -2.33. The summed E-state index contributed by atoms with van der Waals surface area (Å²) in [5, 5.41) is 5.78. The number of rotatable bonds is 5. The Morgan fingerprint density at radius 1 is 1.40 bits per heavy atom. The van der Waals surface area contributed by atoms with Gasteiger partial charge in [0.1, 0.15) is 0 Å². The Labute approximate surface area is 129 Å². The number of carbonyl (C=O) groups is 2. The van der Waals surface area contributed by atoms with Gasteiger partial charge in [-0.2, -0.15) is 0 Å². The monoisotopic (exact) mass is 319 g/mol. The SMILES string of the molecule is CCCNC(=O)c1ccc(Cl)cc1NC(=O)[C@H](C)N.Cl. The van der Waals surface area contributed by atoms with E-state index in [9.17, 15) is 9.59 Å². The van der Waals surface area contributed by atoms with E-state index in [1.165, 1.54) is 6.07 Å². The number of carbonyl (C=O) groups excluding carboxylic acids is 2. The Morgan fingerprint density at radius 2 is 2.05 bits per heavy atom. The van der Waals surface area contributed by atoms with Crippen LogP contribution in [0.1, 0.15) is 30.6 Å². The van der Waals surface area contributed by atoms with Crippen LogP contribution in [-0.4, -0.2) is 24.4 Å². The molecule has 20 heavy (non-hydrogen) atoms. The van der Waals surface area contributed by atoms with Crippen molar-refractivity contribution < 1.29 is 9.59 Å². The molecule has 0 aromatic heterocycles. The lowest BCUT2D eigenvalue weighted by Gasteiger charge is -2.13. The first-order valence-corrected chi connectivity index (χ1v) is 6.47. The normalized spacial score (nSPS) is 11.2. The van der Waals surface area contributed by atoms with Gasteiger partial charge in [-0.25, -0.2) is 0 Å². The molecule has 1 rings (SSSR count). The molecule has 1 atom stereocenters. The Morgan fingerprint density at radius 3 is 2.60 bits per heavy atom. The molecule has 7 heteroatoms. The smallest absolute Gasteiger partial charge is 0.253 e. The minimum absolute atomic E-state index is 0. The first-order chi connectivity index (χ1) is 8.95. The lowest BCUT2D eigenvalue weighted by atomic mass is 10.1. The fraction of sp³-hybridized carbons (Fsp3) is 0.385. The highest BCUT2D eigenvalue weighted by atomic mass is 35.5. The van der Waals surface area contributed by atoms with E-state index in [1.807, 2.05) is 6.92 Å². The van der Waals surface area contributed by atoms with Gasteiger partial charge in [0.25, 0.3) is 5.91 Å². The van der Waals surface area contributed by atoms with Crippen LogP contribution in [0.3, 0.4) is 0 Å². The number of anilines is 1. The average molecular weight is 320 g/mol. The second-order valence-electron chi connectivity index (χ2n) is 4.22. The van der Waals surface area contributed by atoms with Crippen molar-refractivity contribution in [3.8, 4) is 0 Å². The van der Waals surface area contributed by atoms with E-state index in [2.05, 4.69) is 10.6 Å². The summed E-state index contributed by atoms with van der Waals surface area (Å²) in [6.45, 7) is 4.10. The topological polar surface area (TPSA) is 84.2 Å². The van der Waals surface area contributed by atoms with Gasteiger partial charge in [0.2, 0.25) is 5.91 Å². The predicted molar refractivity (Wildman–Crippen MR) is 83.6 cm³/mol. The third-order valence-electron chi connectivity index (χ3n) is 2.43. The van der Waals surface area contributed by atoms with Gasteiger partial charge in [-0.3, -0.25) is 9.59 Å². The fourth-order valence-corrected chi connectivity index (χ4v) is 1.57. The van der Waals surface area contributed by atoms with Crippen molar-refractivity contribution in [1.82, 2.24) is 5.32 Å². The summed E-state index contributed by atoms with van der Waals surface area (Å²) in [7, 11) is 0. The van der Waals surface area contributed by atoms with Crippen molar-refractivity contribution in [3.05, 3.63) is 28.8 Å². The van der Waals surface area contributed by atoms with Crippen molar-refractivity contribution in [2.75, 3.05) is 11.9 Å². The number of halogens is 2. The highest BCUT2D eigenvalue weighted by Gasteiger charge is 2.15. The summed E-state index contributed by atoms with van der Waals surface area (Å²) in [6, 6.07) is 4.04. The van der Waals surface area contributed by atoms with Gasteiger partial charge >= 0.3 is 0 Å². The van der Waals surface area contributed by atoms with Crippen LogP contribution in [0.2, 0.25) is 5.02 Å². The van der Waals surface area contributed by atoms with Crippen LogP contribution in [0, 0.1) is 0 Å². The van der Waals surface area contributed by atoms with Crippen LogP contribution in [-0.2, 0) is 4.79 Å². The van der Waals surface area contributed by atoms with Gasteiger partial charge in [0, 0.05) is 11.6 Å². The molecule has 0 saturated heterocycles. The fourth-order valence-electron chi connectivity index (χ4n) is 1.40. The second-order valence-corrected chi connectivity index (χ2v) is 4.66. The van der Waals surface area contributed by atoms with Crippen LogP contribution >= 0.6 is 24.0 Å². The zero-order valence-corrected chi connectivity index (χ0v) is 13.0. The van der Waals surface area contributed by atoms with Crippen LogP contribution in [0.25, 0.3) is 0 Å². The summed E-state index contributed by atoms with van der Waals surface area (Å²) in [5.41, 5.74) is 6.21. The quantitative estimate of drug-likeness (QED) is 0.777. The maximum atomic E-state index is 12.0. The van der Waals surface area contributed by atoms with E-state index < -0.39 is 6.04 Å². The van der Waals surface area contributed by atoms with Crippen molar-refractivity contribution in [2.24, 2.45) is 5.73 Å². The Bertz CT molecular complexity index is 479. The molecular formula is C13H19Cl2N3O2. The maximum absolute atomic E-state index is 12.0. The van der Waals surface area contributed by atoms with E-state index in [0.29, 0.717) is 22.8 Å². The molecule has 1 aromatic carbocycles. The zero-order valence-electron chi connectivity index (χ0n) is 11.4. The van der Waals surface area contributed by atoms with Crippen LogP contribution in [0.15, 0.2) is 18.2 Å². The Hall–Kier alpha value is -1.30. The standard InChI is InChI=1S/C13H18ClN3O2.ClH/c1-3-6-16-13(19)10-5-4-9(14)7-11(10)17-12(18)8(2)15;/h4-5,7-8H,3,6,15H2,1-2H3,(H,16,19)(H,17,18);1H/t8-;/m0./s1. The third kappa shape index (κ3) is 5.36. The van der Waals surface area contributed by atoms with Gasteiger partial charge in [-0.1, -0.05) is 18.5 Å². The molecular weight excluding hydrogens is 301 g/mol. The number of nitrogens with two attached hydrogens (primary N) is 1.